The van der Waals surface area contributed by atoms with E-state index in [1.54, 1.807) is 18.3 Å². The van der Waals surface area contributed by atoms with Crippen LogP contribution in [-0.2, 0) is 9.53 Å². The summed E-state index contributed by atoms with van der Waals surface area (Å²) in [4.78, 5) is 33.8. The molecule has 0 unspecified atom stereocenters. The predicted octanol–water partition coefficient (Wildman–Crippen LogP) is -1.51. The number of aromatic nitrogens is 1. The summed E-state index contributed by atoms with van der Waals surface area (Å²) in [6.45, 7) is 7.21. The van der Waals surface area contributed by atoms with Gasteiger partial charge in [0.1, 0.15) is 6.10 Å². The fraction of sp³-hybridized carbons (Fsp3) is 0.435. The number of carbonyl (C=O) groups excluding carboxylic acids is 2. The average Bonchev–Trinajstić information content (AvgIpc) is 3.35. The van der Waals surface area contributed by atoms with E-state index in [1.807, 2.05) is 4.90 Å². The van der Waals surface area contributed by atoms with Gasteiger partial charge >= 0.3 is 25.0 Å². The molecule has 4 rings (SSSR count). The van der Waals surface area contributed by atoms with Gasteiger partial charge < -0.3 is 35.4 Å². The van der Waals surface area contributed by atoms with Crippen LogP contribution in [0.4, 0.5) is 4.79 Å². The molecule has 11 heteroatoms. The summed E-state index contributed by atoms with van der Waals surface area (Å²) in [5.41, 5.74) is 0.894. The van der Waals surface area contributed by atoms with Crippen LogP contribution >= 0.6 is 0 Å². The van der Waals surface area contributed by atoms with E-state index in [0.717, 1.165) is 19.1 Å². The van der Waals surface area contributed by atoms with E-state index in [1.165, 1.54) is 6.08 Å². The number of amides is 2. The minimum Gasteiger partial charge on any atom is -0.862 e. The summed E-state index contributed by atoms with van der Waals surface area (Å²) < 4.78 is 11.1. The van der Waals surface area contributed by atoms with Crippen LogP contribution in [-0.4, -0.2) is 71.8 Å². The molecule has 34 heavy (non-hydrogen) atoms. The van der Waals surface area contributed by atoms with Gasteiger partial charge in [-0.25, -0.2) is 9.78 Å². The summed E-state index contributed by atoms with van der Waals surface area (Å²) in [5, 5.41) is 15.2. The molecule has 2 atom stereocenters. The fourth-order valence-electron chi connectivity index (χ4n) is 3.62. The third-order valence-electron chi connectivity index (χ3n) is 5.48. The first kappa shape index (κ1) is 25.5. The second-order valence-corrected chi connectivity index (χ2v) is 8.08. The van der Waals surface area contributed by atoms with Gasteiger partial charge in [0, 0.05) is 25.1 Å². The fourth-order valence-corrected chi connectivity index (χ4v) is 3.62. The first-order valence-corrected chi connectivity index (χ1v) is 10.9. The van der Waals surface area contributed by atoms with Gasteiger partial charge in [0.05, 0.1) is 25.1 Å². The first-order valence-electron chi connectivity index (χ1n) is 10.9. The number of nitrogens with one attached hydrogen (secondary N) is 2. The normalized spacial score (nSPS) is 22.5. The van der Waals surface area contributed by atoms with Crippen LogP contribution in [0.2, 0.25) is 0 Å². The van der Waals surface area contributed by atoms with Gasteiger partial charge in [-0.1, -0.05) is 12.1 Å². The van der Waals surface area contributed by atoms with Gasteiger partial charge in [-0.3, -0.25) is 17.6 Å². The molecular formula is C23H25LiN6O4-2. The molecule has 1 aromatic rings. The average molecular weight is 456 g/mol. The second kappa shape index (κ2) is 11.9. The number of ether oxygens (including phenoxy) is 2. The molecule has 10 nitrogen and oxygen atoms in total. The van der Waals surface area contributed by atoms with Crippen LogP contribution in [0.1, 0.15) is 31.2 Å². The van der Waals surface area contributed by atoms with Crippen LogP contribution in [0.25, 0.3) is 11.0 Å². The van der Waals surface area contributed by atoms with Gasteiger partial charge in [-0.2, -0.15) is 6.08 Å². The smallest absolute Gasteiger partial charge is 0.862 e. The molecule has 1 aliphatic carbocycles. The number of hydrogen-bond acceptors (Lipinski definition) is 6. The second-order valence-electron chi connectivity index (χ2n) is 8.08. The molecule has 0 aromatic carbocycles. The van der Waals surface area contributed by atoms with Crippen LogP contribution < -0.4 is 34.2 Å². The number of nitrogens with zero attached hydrogens (tertiary/aromatic N) is 4. The van der Waals surface area contributed by atoms with Crippen LogP contribution in [0, 0.1) is 12.8 Å². The third-order valence-corrected chi connectivity index (χ3v) is 5.48. The maximum Gasteiger partial charge on any atom is 1.00 e. The quantitative estimate of drug-likeness (QED) is 0.212. The SMILES string of the molecule is [CH-]=CC(=N[C-]=C(C=[N-])c1cccnc1OC1CC1)N1CC[C@H](NC(=O)O[C@@H]2CNC(=O)C2)C1.[Li+]. The van der Waals surface area contributed by atoms with E-state index in [2.05, 4.69) is 26.8 Å². The molecule has 0 radical (unpaired) electrons. The summed E-state index contributed by atoms with van der Waals surface area (Å²) in [6.07, 6.45) is 8.69. The monoisotopic (exact) mass is 456 g/mol. The van der Waals surface area contributed by atoms with Crippen molar-refractivity contribution in [1.29, 1.82) is 0 Å². The molecule has 174 valence electrons. The summed E-state index contributed by atoms with van der Waals surface area (Å²) >= 11 is 0. The number of carbonyl (C=O) groups is 2. The van der Waals surface area contributed by atoms with E-state index in [-0.39, 0.29) is 43.3 Å². The van der Waals surface area contributed by atoms with Crippen molar-refractivity contribution in [1.82, 2.24) is 20.5 Å². The zero-order valence-electron chi connectivity index (χ0n) is 19.1. The summed E-state index contributed by atoms with van der Waals surface area (Å²) in [5.74, 6) is 0.746. The number of amidine groups is 1. The van der Waals surface area contributed by atoms with E-state index in [9.17, 15) is 15.0 Å². The number of rotatable bonds is 8. The first-order chi connectivity index (χ1) is 16.1. The minimum absolute atomic E-state index is 0. The van der Waals surface area contributed by atoms with E-state index >= 15 is 0 Å². The Hall–Kier alpha value is -3.09. The van der Waals surface area contributed by atoms with Crippen LogP contribution in [0.5, 0.6) is 5.88 Å². The largest absolute Gasteiger partial charge is 1.00 e. The molecule has 1 saturated carbocycles. The minimum atomic E-state index is -0.554. The maximum absolute atomic E-state index is 12.1. The number of allylic oxidation sites excluding steroid dienone is 1. The van der Waals surface area contributed by atoms with Crippen molar-refractivity contribution in [3.63, 3.8) is 0 Å². The van der Waals surface area contributed by atoms with Crippen molar-refractivity contribution in [3.8, 4) is 5.88 Å². The molecule has 2 N–H and O–H groups in total. The Morgan fingerprint density at radius 2 is 2.21 bits per heavy atom. The van der Waals surface area contributed by atoms with Gasteiger partial charge in [-0.05, 0) is 31.0 Å². The van der Waals surface area contributed by atoms with Crippen LogP contribution in [0.3, 0.4) is 0 Å². The van der Waals surface area contributed by atoms with Gasteiger partial charge in [0.25, 0.3) is 0 Å². The number of pyridine rings is 1. The molecule has 2 amide bonds. The Morgan fingerprint density at radius 1 is 1.38 bits per heavy atom. The predicted molar refractivity (Wildman–Crippen MR) is 121 cm³/mol. The van der Waals surface area contributed by atoms with Gasteiger partial charge in [0.2, 0.25) is 5.91 Å². The van der Waals surface area contributed by atoms with Crippen molar-refractivity contribution in [2.24, 2.45) is 4.99 Å². The van der Waals surface area contributed by atoms with Gasteiger partial charge in [-0.15, -0.1) is 5.57 Å². The topological polar surface area (TPSA) is 127 Å². The molecule has 0 spiro atoms. The van der Waals surface area contributed by atoms with Gasteiger partial charge in [0.15, 0.2) is 5.88 Å². The van der Waals surface area contributed by atoms with E-state index < -0.39 is 12.2 Å². The van der Waals surface area contributed by atoms with Crippen molar-refractivity contribution < 1.29 is 37.9 Å². The molecular weight excluding hydrogens is 431 g/mol. The number of hydrogen-bond donors (Lipinski definition) is 2. The number of likely N-dealkylation sites (tertiary alicyclic amines) is 1. The van der Waals surface area contributed by atoms with Crippen molar-refractivity contribution in [3.05, 3.63) is 48.2 Å². The Balaban J connectivity index is 0.00000324. The zero-order chi connectivity index (χ0) is 23.2. The number of alkyl carbamates (subject to hydrolysis) is 1. The van der Waals surface area contributed by atoms with E-state index in [0.29, 0.717) is 48.9 Å². The number of aliphatic imine (C=N–C) groups is 1. The summed E-state index contributed by atoms with van der Waals surface area (Å²) in [7, 11) is 0. The Kier molecular flexibility index (Phi) is 8.90. The maximum atomic E-state index is 12.1. The van der Waals surface area contributed by atoms with Crippen molar-refractivity contribution in [2.45, 2.75) is 43.9 Å². The molecule has 3 heterocycles. The van der Waals surface area contributed by atoms with Crippen molar-refractivity contribution in [2.75, 3.05) is 19.6 Å². The third kappa shape index (κ3) is 6.71. The Morgan fingerprint density at radius 3 is 2.88 bits per heavy atom. The molecule has 1 aromatic heterocycles. The zero-order valence-corrected chi connectivity index (χ0v) is 19.1. The Labute approximate surface area is 210 Å². The summed E-state index contributed by atoms with van der Waals surface area (Å²) in [6, 6.07) is 3.36. The van der Waals surface area contributed by atoms with Crippen LogP contribution in [0.15, 0.2) is 29.4 Å². The molecule has 2 aliphatic heterocycles. The molecule has 3 aliphatic rings. The standard InChI is InChI=1S/C23H25N6O4.Li/c1-2-20(26-12-15(11-24)19-4-3-8-25-22(19)32-17-5-6-17)29-9-7-16(14-29)28-23(31)33-18-10-21(30)27-13-18;/h1-4,8,11,16-18H,5-7,9-10,13-14H2,(H,27,30)(H,28,31);/q-3;+1/t16-,18-;/m0./s1. The molecule has 0 bridgehead atoms. The Bertz CT molecular complexity index is 993. The molecule has 2 saturated heterocycles. The molecule has 3 fully saturated rings. The van der Waals surface area contributed by atoms with Crippen molar-refractivity contribution >= 4 is 29.6 Å². The van der Waals surface area contributed by atoms with E-state index in [4.69, 9.17) is 16.1 Å².